The maximum atomic E-state index is 2.73. The molecular weight excluding hydrogens is 360 g/mol. The summed E-state index contributed by atoms with van der Waals surface area (Å²) in [5.74, 6) is 6.65. The van der Waals surface area contributed by atoms with Crippen LogP contribution in [0.1, 0.15) is 132 Å². The Kier molecular flexibility index (Phi) is 10.5. The highest BCUT2D eigenvalue weighted by molar-refractivity contribution is 5.23. The smallest absolute Gasteiger partial charge is 0.00851 e. The van der Waals surface area contributed by atoms with Crippen LogP contribution in [0.5, 0.6) is 0 Å². The Labute approximate surface area is 191 Å². The second-order valence-electron chi connectivity index (χ2n) is 12.1. The van der Waals surface area contributed by atoms with Gasteiger partial charge in [0.1, 0.15) is 0 Å². The van der Waals surface area contributed by atoms with E-state index in [-0.39, 0.29) is 0 Å². The quantitative estimate of drug-likeness (QED) is 0.272. The molecule has 30 heavy (non-hydrogen) atoms. The molecule has 0 bridgehead atoms. The molecule has 0 saturated heterocycles. The molecule has 3 rings (SSSR count). The normalized spacial score (nSPS) is 36.8. The fourth-order valence-electron chi connectivity index (χ4n) is 7.32. The molecule has 0 amide bonds. The predicted octanol–water partition coefficient (Wildman–Crippen LogP) is 10.1. The highest BCUT2D eigenvalue weighted by Crippen LogP contribution is 2.60. The summed E-state index contributed by atoms with van der Waals surface area (Å²) in [5, 5.41) is 0. The monoisotopic (exact) mass is 416 g/mol. The van der Waals surface area contributed by atoms with Crippen molar-refractivity contribution < 1.29 is 0 Å². The van der Waals surface area contributed by atoms with Crippen molar-refractivity contribution >= 4 is 0 Å². The molecule has 3 aliphatic carbocycles. The van der Waals surface area contributed by atoms with Gasteiger partial charge < -0.3 is 0 Å². The Hall–Kier alpha value is -0.260. The van der Waals surface area contributed by atoms with E-state index < -0.39 is 0 Å². The third-order valence-electron chi connectivity index (χ3n) is 9.37. The van der Waals surface area contributed by atoms with Crippen LogP contribution < -0.4 is 0 Å². The molecule has 0 heteroatoms. The molecule has 3 aliphatic rings. The average molecular weight is 417 g/mol. The summed E-state index contributed by atoms with van der Waals surface area (Å²) in [6.07, 6.45) is 20.2. The third-order valence-corrected chi connectivity index (χ3v) is 9.37. The Morgan fingerprint density at radius 3 is 2.37 bits per heavy atom. The molecule has 0 N–H and O–H groups in total. The van der Waals surface area contributed by atoms with E-state index in [9.17, 15) is 0 Å². The van der Waals surface area contributed by atoms with E-state index in [1.807, 2.05) is 19.4 Å². The summed E-state index contributed by atoms with van der Waals surface area (Å²) in [4.78, 5) is 0. The molecule has 7 atom stereocenters. The molecule has 0 aromatic rings. The first-order valence-corrected chi connectivity index (χ1v) is 14.0. The minimum atomic E-state index is 0.552. The van der Waals surface area contributed by atoms with E-state index >= 15 is 0 Å². The van der Waals surface area contributed by atoms with Crippen LogP contribution in [-0.2, 0) is 0 Å². The van der Waals surface area contributed by atoms with Gasteiger partial charge in [-0.3, -0.25) is 0 Å². The number of hydrogen-bond donors (Lipinski definition) is 0. The van der Waals surface area contributed by atoms with Gasteiger partial charge in [0.2, 0.25) is 0 Å². The van der Waals surface area contributed by atoms with Crippen molar-refractivity contribution in [2.45, 2.75) is 132 Å². The van der Waals surface area contributed by atoms with Gasteiger partial charge in [-0.2, -0.15) is 0 Å². The molecule has 0 nitrogen and oxygen atoms in total. The maximum absolute atomic E-state index is 2.73. The maximum Gasteiger partial charge on any atom is -0.00851 e. The Morgan fingerprint density at radius 2 is 1.67 bits per heavy atom. The number of fused-ring (bicyclic) bond motifs is 3. The first kappa shape index (κ1) is 26.0. The first-order valence-electron chi connectivity index (χ1n) is 14.0. The van der Waals surface area contributed by atoms with Crippen LogP contribution in [0.4, 0.5) is 0 Å². The highest BCUT2D eigenvalue weighted by Gasteiger charge is 2.50. The van der Waals surface area contributed by atoms with Crippen molar-refractivity contribution in [2.75, 3.05) is 0 Å². The SMILES string of the molecule is CC.CC(C)CCCCC(C)CCC1C(C)CCC2C1CC=C1CC(C)CCC12C. The van der Waals surface area contributed by atoms with E-state index in [2.05, 4.69) is 47.6 Å². The fraction of sp³-hybridized carbons (Fsp3) is 0.933. The summed E-state index contributed by atoms with van der Waals surface area (Å²) in [5.41, 5.74) is 2.41. The van der Waals surface area contributed by atoms with Gasteiger partial charge in [-0.1, -0.05) is 106 Å². The summed E-state index contributed by atoms with van der Waals surface area (Å²) < 4.78 is 0. The summed E-state index contributed by atoms with van der Waals surface area (Å²) in [6.45, 7) is 19.0. The van der Waals surface area contributed by atoms with Crippen LogP contribution in [-0.4, -0.2) is 0 Å². The van der Waals surface area contributed by atoms with Gasteiger partial charge in [-0.15, -0.1) is 0 Å². The van der Waals surface area contributed by atoms with Gasteiger partial charge in [0.05, 0.1) is 0 Å². The van der Waals surface area contributed by atoms with Crippen molar-refractivity contribution in [3.05, 3.63) is 11.6 Å². The number of allylic oxidation sites excluding steroid dienone is 2. The van der Waals surface area contributed by atoms with E-state index in [0.717, 1.165) is 41.4 Å². The largest absolute Gasteiger partial charge is 0.0845 e. The minimum Gasteiger partial charge on any atom is -0.0845 e. The summed E-state index contributed by atoms with van der Waals surface area (Å²) >= 11 is 0. The topological polar surface area (TPSA) is 0 Å². The molecule has 7 unspecified atom stereocenters. The van der Waals surface area contributed by atoms with Crippen LogP contribution in [0.2, 0.25) is 0 Å². The highest BCUT2D eigenvalue weighted by atomic mass is 14.5. The van der Waals surface area contributed by atoms with Crippen molar-refractivity contribution in [1.29, 1.82) is 0 Å². The van der Waals surface area contributed by atoms with Crippen LogP contribution in [0.15, 0.2) is 11.6 Å². The Morgan fingerprint density at radius 1 is 0.967 bits per heavy atom. The van der Waals surface area contributed by atoms with Crippen LogP contribution >= 0.6 is 0 Å². The van der Waals surface area contributed by atoms with E-state index in [0.29, 0.717) is 5.41 Å². The molecular formula is C30H56. The van der Waals surface area contributed by atoms with E-state index in [1.165, 1.54) is 77.0 Å². The lowest BCUT2D eigenvalue weighted by Gasteiger charge is -2.56. The van der Waals surface area contributed by atoms with Crippen molar-refractivity contribution in [3.63, 3.8) is 0 Å². The zero-order chi connectivity index (χ0) is 22.3. The van der Waals surface area contributed by atoms with E-state index in [4.69, 9.17) is 0 Å². The molecule has 176 valence electrons. The van der Waals surface area contributed by atoms with Crippen LogP contribution in [0.25, 0.3) is 0 Å². The van der Waals surface area contributed by atoms with Gasteiger partial charge in [0, 0.05) is 0 Å². The van der Waals surface area contributed by atoms with Gasteiger partial charge in [0.25, 0.3) is 0 Å². The molecule has 0 heterocycles. The van der Waals surface area contributed by atoms with Crippen LogP contribution in [0.3, 0.4) is 0 Å². The number of rotatable bonds is 8. The Balaban J connectivity index is 0.00000155. The van der Waals surface area contributed by atoms with Crippen molar-refractivity contribution in [3.8, 4) is 0 Å². The van der Waals surface area contributed by atoms with E-state index in [1.54, 1.807) is 0 Å². The average Bonchev–Trinajstić information content (AvgIpc) is 2.72. The number of hydrogen-bond acceptors (Lipinski definition) is 0. The summed E-state index contributed by atoms with van der Waals surface area (Å²) in [7, 11) is 0. The minimum absolute atomic E-state index is 0.552. The lowest BCUT2D eigenvalue weighted by molar-refractivity contribution is -0.00280. The fourth-order valence-corrected chi connectivity index (χ4v) is 7.32. The lowest BCUT2D eigenvalue weighted by Crippen LogP contribution is -2.46. The molecule has 0 aromatic heterocycles. The zero-order valence-corrected chi connectivity index (χ0v) is 22.1. The van der Waals surface area contributed by atoms with Crippen molar-refractivity contribution in [2.24, 2.45) is 46.8 Å². The van der Waals surface area contributed by atoms with Crippen molar-refractivity contribution in [1.82, 2.24) is 0 Å². The van der Waals surface area contributed by atoms with Crippen LogP contribution in [0, 0.1) is 46.8 Å². The Bertz CT molecular complexity index is 514. The lowest BCUT2D eigenvalue weighted by atomic mass is 9.49. The number of unbranched alkanes of at least 4 members (excludes halogenated alkanes) is 1. The van der Waals surface area contributed by atoms with Gasteiger partial charge >= 0.3 is 0 Å². The third kappa shape index (κ3) is 6.38. The second-order valence-corrected chi connectivity index (χ2v) is 12.1. The molecule has 0 aromatic carbocycles. The predicted molar refractivity (Wildman–Crippen MR) is 136 cm³/mol. The van der Waals surface area contributed by atoms with Gasteiger partial charge in [-0.25, -0.2) is 0 Å². The molecule has 2 fully saturated rings. The van der Waals surface area contributed by atoms with Gasteiger partial charge in [-0.05, 0) is 85.4 Å². The molecule has 0 spiro atoms. The summed E-state index contributed by atoms with van der Waals surface area (Å²) in [6, 6.07) is 0. The zero-order valence-electron chi connectivity index (χ0n) is 22.1. The second kappa shape index (κ2) is 12.1. The standard InChI is InChI=1S/C28H50.C2H6/c1-20(2)9-7-8-10-21(3)11-14-25-23(5)12-16-27-26(25)15-13-24-19-22(4)17-18-28(24,27)6;1-2/h13,20-23,25-27H,7-12,14-19H2,1-6H3;1-2H3. The molecule has 0 aliphatic heterocycles. The van der Waals surface area contributed by atoms with Gasteiger partial charge in [0.15, 0.2) is 0 Å². The molecule has 0 radical (unpaired) electrons. The molecule has 2 saturated carbocycles. The first-order chi connectivity index (χ1) is 14.3.